The van der Waals surface area contributed by atoms with Crippen molar-refractivity contribution in [2.24, 2.45) is 0 Å². The van der Waals surface area contributed by atoms with Gasteiger partial charge in [0.2, 0.25) is 5.95 Å². The number of rotatable bonds is 4. The number of carbonyl (C=O) groups is 1. The van der Waals surface area contributed by atoms with Gasteiger partial charge in [-0.25, -0.2) is 23.1 Å². The Hall–Kier alpha value is -3.42. The van der Waals surface area contributed by atoms with Crippen LogP contribution in [0.25, 0.3) is 0 Å². The second kappa shape index (κ2) is 7.22. The van der Waals surface area contributed by atoms with Gasteiger partial charge in [-0.2, -0.15) is 0 Å². The maximum absolute atomic E-state index is 13.7. The van der Waals surface area contributed by atoms with Gasteiger partial charge in [0.15, 0.2) is 0 Å². The van der Waals surface area contributed by atoms with E-state index in [4.69, 9.17) is 0 Å². The van der Waals surface area contributed by atoms with Gasteiger partial charge in [-0.3, -0.25) is 4.79 Å². The van der Waals surface area contributed by atoms with Gasteiger partial charge in [0.05, 0.1) is 5.69 Å². The van der Waals surface area contributed by atoms with Crippen molar-refractivity contribution in [2.75, 3.05) is 10.6 Å². The molecule has 0 unspecified atom stereocenters. The fourth-order valence-electron chi connectivity index (χ4n) is 2.21. The smallest absolute Gasteiger partial charge is 0.274 e. The summed E-state index contributed by atoms with van der Waals surface area (Å²) in [5, 5.41) is 5.12. The molecule has 0 radical (unpaired) electrons. The molecule has 3 aromatic rings. The van der Waals surface area contributed by atoms with Gasteiger partial charge in [0, 0.05) is 17.4 Å². The Balaban J connectivity index is 1.83. The average molecular weight is 358 g/mol. The molecule has 132 valence electrons. The zero-order chi connectivity index (χ0) is 18.7. The minimum Gasteiger partial charge on any atom is -0.324 e. The lowest BCUT2D eigenvalue weighted by atomic mass is 10.2. The van der Waals surface area contributed by atoms with E-state index >= 15 is 0 Å². The van der Waals surface area contributed by atoms with Crippen molar-refractivity contribution in [3.63, 3.8) is 0 Å². The Labute approximate surface area is 146 Å². The maximum atomic E-state index is 13.7. The monoisotopic (exact) mass is 358 g/mol. The van der Waals surface area contributed by atoms with E-state index in [1.807, 2.05) is 0 Å². The average Bonchev–Trinajstić information content (AvgIpc) is 2.57. The van der Waals surface area contributed by atoms with Crippen molar-refractivity contribution in [3.05, 3.63) is 77.4 Å². The molecule has 8 heteroatoms. The number of amides is 1. The molecule has 0 aliphatic carbocycles. The van der Waals surface area contributed by atoms with Crippen LogP contribution >= 0.6 is 0 Å². The molecular weight excluding hydrogens is 345 g/mol. The summed E-state index contributed by atoms with van der Waals surface area (Å²) in [7, 11) is 0. The second-order valence-electron chi connectivity index (χ2n) is 5.43. The van der Waals surface area contributed by atoms with Crippen molar-refractivity contribution in [1.29, 1.82) is 0 Å². The molecule has 26 heavy (non-hydrogen) atoms. The van der Waals surface area contributed by atoms with Gasteiger partial charge < -0.3 is 10.6 Å². The van der Waals surface area contributed by atoms with E-state index in [2.05, 4.69) is 20.6 Å². The summed E-state index contributed by atoms with van der Waals surface area (Å²) in [6, 6.07) is 9.88. The van der Waals surface area contributed by atoms with Gasteiger partial charge in [-0.05, 0) is 43.3 Å². The van der Waals surface area contributed by atoms with E-state index in [1.165, 1.54) is 24.3 Å². The van der Waals surface area contributed by atoms with Gasteiger partial charge in [-0.15, -0.1) is 0 Å². The summed E-state index contributed by atoms with van der Waals surface area (Å²) in [6.07, 6.45) is 0. The number of anilines is 3. The molecule has 0 fully saturated rings. The topological polar surface area (TPSA) is 66.9 Å². The summed E-state index contributed by atoms with van der Waals surface area (Å²) in [4.78, 5) is 20.5. The number of nitrogens with one attached hydrogen (secondary N) is 2. The van der Waals surface area contributed by atoms with Crippen LogP contribution in [0.3, 0.4) is 0 Å². The molecule has 0 aliphatic rings. The van der Waals surface area contributed by atoms with Crippen LogP contribution in [0.2, 0.25) is 0 Å². The fraction of sp³-hybridized carbons (Fsp3) is 0.0556. The molecule has 0 saturated heterocycles. The zero-order valence-corrected chi connectivity index (χ0v) is 13.6. The zero-order valence-electron chi connectivity index (χ0n) is 13.6. The summed E-state index contributed by atoms with van der Waals surface area (Å²) < 4.78 is 39.9. The quantitative estimate of drug-likeness (QED) is 0.734. The third kappa shape index (κ3) is 4.15. The molecule has 1 aromatic heterocycles. The molecule has 1 heterocycles. The van der Waals surface area contributed by atoms with Crippen LogP contribution in [-0.4, -0.2) is 15.9 Å². The number of benzene rings is 2. The van der Waals surface area contributed by atoms with Crippen molar-refractivity contribution in [3.8, 4) is 0 Å². The molecule has 3 rings (SSSR count). The highest BCUT2D eigenvalue weighted by atomic mass is 19.1. The number of carbonyl (C=O) groups excluding carboxylic acids is 1. The number of hydrogen-bond acceptors (Lipinski definition) is 4. The Kier molecular flexibility index (Phi) is 4.83. The minimum absolute atomic E-state index is 0.0277. The molecule has 0 bridgehead atoms. The lowest BCUT2D eigenvalue weighted by Gasteiger charge is -2.09. The highest BCUT2D eigenvalue weighted by Gasteiger charge is 2.14. The Morgan fingerprint density at radius 3 is 2.46 bits per heavy atom. The lowest BCUT2D eigenvalue weighted by Crippen LogP contribution is -2.16. The van der Waals surface area contributed by atoms with E-state index in [1.54, 1.807) is 13.0 Å². The first kappa shape index (κ1) is 17.4. The van der Waals surface area contributed by atoms with Crippen LogP contribution in [-0.2, 0) is 0 Å². The molecule has 2 N–H and O–H groups in total. The maximum Gasteiger partial charge on any atom is 0.274 e. The lowest BCUT2D eigenvalue weighted by molar-refractivity contribution is 0.102. The number of hydrogen-bond donors (Lipinski definition) is 2. The summed E-state index contributed by atoms with van der Waals surface area (Å²) >= 11 is 0. The normalized spacial score (nSPS) is 10.5. The molecule has 5 nitrogen and oxygen atoms in total. The van der Waals surface area contributed by atoms with Crippen LogP contribution in [0.4, 0.5) is 30.5 Å². The largest absolute Gasteiger partial charge is 0.324 e. The van der Waals surface area contributed by atoms with Crippen LogP contribution in [0, 0.1) is 24.4 Å². The predicted molar refractivity (Wildman–Crippen MR) is 90.8 cm³/mol. The van der Waals surface area contributed by atoms with Gasteiger partial charge in [0.25, 0.3) is 5.91 Å². The van der Waals surface area contributed by atoms with Gasteiger partial charge in [0.1, 0.15) is 23.1 Å². The first-order chi connectivity index (χ1) is 12.4. The van der Waals surface area contributed by atoms with Crippen molar-refractivity contribution < 1.29 is 18.0 Å². The van der Waals surface area contributed by atoms with Crippen molar-refractivity contribution >= 4 is 23.2 Å². The number of aryl methyl sites for hydroxylation is 1. The van der Waals surface area contributed by atoms with E-state index in [0.717, 1.165) is 12.1 Å². The Morgan fingerprint density at radius 1 is 0.962 bits per heavy atom. The van der Waals surface area contributed by atoms with Crippen molar-refractivity contribution in [1.82, 2.24) is 9.97 Å². The third-order valence-electron chi connectivity index (χ3n) is 3.35. The minimum atomic E-state index is -0.901. The molecule has 2 aromatic carbocycles. The predicted octanol–water partition coefficient (Wildman–Crippen LogP) is 4.20. The van der Waals surface area contributed by atoms with Gasteiger partial charge in [-0.1, -0.05) is 6.07 Å². The summed E-state index contributed by atoms with van der Waals surface area (Å²) in [5.74, 6) is -2.70. The van der Waals surface area contributed by atoms with Crippen molar-refractivity contribution in [2.45, 2.75) is 6.92 Å². The van der Waals surface area contributed by atoms with Crippen LogP contribution in [0.5, 0.6) is 0 Å². The van der Waals surface area contributed by atoms with E-state index < -0.39 is 23.4 Å². The van der Waals surface area contributed by atoms with Crippen LogP contribution in [0.1, 0.15) is 16.2 Å². The SMILES string of the molecule is Cc1cc(C(=O)Nc2ccc(F)cc2F)nc(Nc2cccc(F)c2)n1. The van der Waals surface area contributed by atoms with E-state index in [-0.39, 0.29) is 17.3 Å². The molecular formula is C18H13F3N4O. The number of halogens is 3. The summed E-state index contributed by atoms with van der Waals surface area (Å²) in [5.41, 5.74) is 0.683. The van der Waals surface area contributed by atoms with Crippen LogP contribution < -0.4 is 10.6 Å². The van der Waals surface area contributed by atoms with Crippen LogP contribution in [0.15, 0.2) is 48.5 Å². The number of nitrogens with zero attached hydrogens (tertiary/aromatic N) is 2. The first-order valence-corrected chi connectivity index (χ1v) is 7.55. The highest BCUT2D eigenvalue weighted by Crippen LogP contribution is 2.18. The molecule has 0 saturated carbocycles. The third-order valence-corrected chi connectivity index (χ3v) is 3.35. The molecule has 0 atom stereocenters. The van der Waals surface area contributed by atoms with Gasteiger partial charge >= 0.3 is 0 Å². The molecule has 0 aliphatic heterocycles. The van der Waals surface area contributed by atoms with E-state index in [0.29, 0.717) is 17.4 Å². The summed E-state index contributed by atoms with van der Waals surface area (Å²) in [6.45, 7) is 1.65. The fourth-order valence-corrected chi connectivity index (χ4v) is 2.21. The van der Waals surface area contributed by atoms with E-state index in [9.17, 15) is 18.0 Å². The number of aromatic nitrogens is 2. The Morgan fingerprint density at radius 2 is 1.73 bits per heavy atom. The molecule has 1 amide bonds. The Bertz CT molecular complexity index is 978. The first-order valence-electron chi connectivity index (χ1n) is 7.55. The second-order valence-corrected chi connectivity index (χ2v) is 5.43. The standard InChI is InChI=1S/C18H13F3N4O/c1-10-7-16(17(26)24-15-6-5-12(20)9-14(15)21)25-18(22-10)23-13-4-2-3-11(19)8-13/h2-9H,1H3,(H,24,26)(H,22,23,25). The highest BCUT2D eigenvalue weighted by molar-refractivity contribution is 6.03. The molecule has 0 spiro atoms.